The van der Waals surface area contributed by atoms with E-state index in [1.807, 2.05) is 13.8 Å². The van der Waals surface area contributed by atoms with Gasteiger partial charge < -0.3 is 14.6 Å². The van der Waals surface area contributed by atoms with Gasteiger partial charge in [-0.25, -0.2) is 4.79 Å². The molecule has 0 aliphatic rings. The minimum atomic E-state index is -0.505. The number of H-pyrrole nitrogens is 1. The second kappa shape index (κ2) is 8.83. The van der Waals surface area contributed by atoms with Crippen LogP contribution < -0.4 is 0 Å². The van der Waals surface area contributed by atoms with Crippen LogP contribution in [0.2, 0.25) is 0 Å². The molecule has 1 N–H and O–H groups in total. The molecular formula is C19H30N2O4. The molecule has 1 rings (SSSR count). The van der Waals surface area contributed by atoms with Crippen molar-refractivity contribution in [1.82, 2.24) is 9.88 Å². The van der Waals surface area contributed by atoms with Crippen molar-refractivity contribution in [3.8, 4) is 0 Å². The maximum atomic E-state index is 12.8. The Labute approximate surface area is 149 Å². The lowest BCUT2D eigenvalue weighted by atomic mass is 10.0. The summed E-state index contributed by atoms with van der Waals surface area (Å²) < 4.78 is 4.73. The van der Waals surface area contributed by atoms with E-state index in [0.29, 0.717) is 29.3 Å². The highest BCUT2D eigenvalue weighted by Gasteiger charge is 2.26. The van der Waals surface area contributed by atoms with Crippen LogP contribution in [-0.4, -0.2) is 47.7 Å². The van der Waals surface area contributed by atoms with Gasteiger partial charge in [0.15, 0.2) is 5.78 Å². The van der Waals surface area contributed by atoms with E-state index in [9.17, 15) is 14.4 Å². The highest BCUT2D eigenvalue weighted by molar-refractivity contribution is 6.04. The third-order valence-corrected chi connectivity index (χ3v) is 4.22. The number of rotatable bonds is 8. The number of ether oxygens (including phenoxy) is 1. The van der Waals surface area contributed by atoms with Gasteiger partial charge in [-0.05, 0) is 31.7 Å². The zero-order valence-corrected chi connectivity index (χ0v) is 16.4. The molecule has 1 aromatic heterocycles. The number of hydrogen-bond acceptors (Lipinski definition) is 4. The van der Waals surface area contributed by atoms with Gasteiger partial charge in [0, 0.05) is 23.7 Å². The maximum absolute atomic E-state index is 12.8. The van der Waals surface area contributed by atoms with Gasteiger partial charge >= 0.3 is 5.97 Å². The first-order valence-corrected chi connectivity index (χ1v) is 8.69. The molecule has 0 unspecified atom stereocenters. The van der Waals surface area contributed by atoms with Crippen molar-refractivity contribution in [2.75, 3.05) is 20.2 Å². The van der Waals surface area contributed by atoms with Gasteiger partial charge in [-0.15, -0.1) is 0 Å². The van der Waals surface area contributed by atoms with Crippen LogP contribution in [0.25, 0.3) is 0 Å². The van der Waals surface area contributed by atoms with Crippen molar-refractivity contribution >= 4 is 17.7 Å². The summed E-state index contributed by atoms with van der Waals surface area (Å²) in [4.78, 5) is 41.6. The summed E-state index contributed by atoms with van der Waals surface area (Å²) in [6, 6.07) is 0. The van der Waals surface area contributed by atoms with Gasteiger partial charge in [-0.3, -0.25) is 9.59 Å². The Morgan fingerprint density at radius 1 is 1.12 bits per heavy atom. The first kappa shape index (κ1) is 20.9. The molecule has 140 valence electrons. The number of nitrogens with one attached hydrogen (secondary N) is 1. The predicted molar refractivity (Wildman–Crippen MR) is 96.8 cm³/mol. The zero-order valence-electron chi connectivity index (χ0n) is 16.4. The number of nitrogens with zero attached hydrogens (tertiary/aromatic N) is 1. The van der Waals surface area contributed by atoms with Crippen molar-refractivity contribution < 1.29 is 19.1 Å². The Balaban J connectivity index is 3.06. The SMILES string of the molecule is COC(=O)c1[nH]c(C)c(C(=O)CN(CCC(C)C)C(=O)C(C)C)c1C. The maximum Gasteiger partial charge on any atom is 0.354 e. The molecule has 0 spiro atoms. The molecule has 1 amide bonds. The molecular weight excluding hydrogens is 320 g/mol. The van der Waals surface area contributed by atoms with Gasteiger partial charge in [0.05, 0.1) is 13.7 Å². The van der Waals surface area contributed by atoms with Crippen LogP contribution in [0, 0.1) is 25.7 Å². The smallest absolute Gasteiger partial charge is 0.354 e. The summed E-state index contributed by atoms with van der Waals surface area (Å²) in [6.07, 6.45) is 0.838. The molecule has 0 radical (unpaired) electrons. The van der Waals surface area contributed by atoms with E-state index in [-0.39, 0.29) is 29.8 Å². The number of carbonyl (C=O) groups is 3. The highest BCUT2D eigenvalue weighted by Crippen LogP contribution is 2.20. The number of methoxy groups -OCH3 is 1. The van der Waals surface area contributed by atoms with Crippen molar-refractivity contribution in [2.24, 2.45) is 11.8 Å². The fourth-order valence-corrected chi connectivity index (χ4v) is 2.77. The monoisotopic (exact) mass is 350 g/mol. The van der Waals surface area contributed by atoms with Crippen molar-refractivity contribution in [2.45, 2.75) is 48.0 Å². The summed E-state index contributed by atoms with van der Waals surface area (Å²) in [5.41, 5.74) is 1.93. The molecule has 1 aromatic rings. The number of aromatic nitrogens is 1. The van der Waals surface area contributed by atoms with Gasteiger partial charge in [0.2, 0.25) is 5.91 Å². The molecule has 0 saturated heterocycles. The second-order valence-electron chi connectivity index (χ2n) is 7.14. The van der Waals surface area contributed by atoms with E-state index in [1.165, 1.54) is 7.11 Å². The summed E-state index contributed by atoms with van der Waals surface area (Å²) in [7, 11) is 1.30. The average molecular weight is 350 g/mol. The van der Waals surface area contributed by atoms with E-state index >= 15 is 0 Å². The van der Waals surface area contributed by atoms with E-state index < -0.39 is 5.97 Å². The largest absolute Gasteiger partial charge is 0.464 e. The Bertz CT molecular complexity index is 644. The Morgan fingerprint density at radius 3 is 2.20 bits per heavy atom. The Hall–Kier alpha value is -2.11. The van der Waals surface area contributed by atoms with Crippen LogP contribution >= 0.6 is 0 Å². The number of hydrogen-bond donors (Lipinski definition) is 1. The van der Waals surface area contributed by atoms with Crippen LogP contribution in [0.5, 0.6) is 0 Å². The lowest BCUT2D eigenvalue weighted by Crippen LogP contribution is -2.39. The topological polar surface area (TPSA) is 79.5 Å². The lowest BCUT2D eigenvalue weighted by molar-refractivity contribution is -0.134. The van der Waals surface area contributed by atoms with Gasteiger partial charge in [-0.2, -0.15) is 0 Å². The molecule has 0 saturated carbocycles. The normalized spacial score (nSPS) is 11.1. The molecule has 0 aliphatic heterocycles. The van der Waals surface area contributed by atoms with E-state index in [2.05, 4.69) is 18.8 Å². The first-order chi connectivity index (χ1) is 11.6. The molecule has 1 heterocycles. The molecule has 0 bridgehead atoms. The number of Topliss-reactive ketones (excluding diaryl/α,β-unsaturated/α-hetero) is 1. The van der Waals surface area contributed by atoms with E-state index in [1.54, 1.807) is 18.7 Å². The van der Waals surface area contributed by atoms with Crippen LogP contribution in [0.4, 0.5) is 0 Å². The third kappa shape index (κ3) is 5.18. The number of esters is 1. The fraction of sp³-hybridized carbons (Fsp3) is 0.632. The standard InChI is InChI=1S/C19H30N2O4/c1-11(2)8-9-21(18(23)12(3)4)10-15(22)16-13(5)17(19(24)25-7)20-14(16)6/h11-12,20H,8-10H2,1-7H3. The molecule has 6 heteroatoms. The van der Waals surface area contributed by atoms with Crippen LogP contribution in [0.1, 0.15) is 66.2 Å². The van der Waals surface area contributed by atoms with Gasteiger partial charge in [0.1, 0.15) is 5.69 Å². The number of carbonyl (C=O) groups excluding carboxylic acids is 3. The lowest BCUT2D eigenvalue weighted by Gasteiger charge is -2.25. The van der Waals surface area contributed by atoms with E-state index in [0.717, 1.165) is 6.42 Å². The predicted octanol–water partition coefficient (Wildman–Crippen LogP) is 3.13. The Kier molecular flexibility index (Phi) is 7.39. The van der Waals surface area contributed by atoms with Crippen molar-refractivity contribution in [1.29, 1.82) is 0 Å². The van der Waals surface area contributed by atoms with Gasteiger partial charge in [-0.1, -0.05) is 27.7 Å². The molecule has 0 fully saturated rings. The summed E-state index contributed by atoms with van der Waals surface area (Å²) >= 11 is 0. The zero-order chi connectivity index (χ0) is 19.3. The van der Waals surface area contributed by atoms with Crippen molar-refractivity contribution in [3.63, 3.8) is 0 Å². The van der Waals surface area contributed by atoms with Crippen LogP contribution in [-0.2, 0) is 9.53 Å². The van der Waals surface area contributed by atoms with Crippen LogP contribution in [0.15, 0.2) is 0 Å². The molecule has 25 heavy (non-hydrogen) atoms. The van der Waals surface area contributed by atoms with Crippen molar-refractivity contribution in [3.05, 3.63) is 22.5 Å². The number of aryl methyl sites for hydroxylation is 1. The fourth-order valence-electron chi connectivity index (χ4n) is 2.77. The number of aromatic amines is 1. The molecule has 6 nitrogen and oxygen atoms in total. The third-order valence-electron chi connectivity index (χ3n) is 4.22. The summed E-state index contributed by atoms with van der Waals surface area (Å²) in [5, 5.41) is 0. The minimum absolute atomic E-state index is 0.0177. The van der Waals surface area contributed by atoms with Gasteiger partial charge in [0.25, 0.3) is 0 Å². The molecule has 0 atom stereocenters. The Morgan fingerprint density at radius 2 is 1.72 bits per heavy atom. The summed E-state index contributed by atoms with van der Waals surface area (Å²) in [5.74, 6) is -0.431. The van der Waals surface area contributed by atoms with E-state index in [4.69, 9.17) is 4.74 Å². The summed E-state index contributed by atoms with van der Waals surface area (Å²) in [6.45, 7) is 11.9. The highest BCUT2D eigenvalue weighted by atomic mass is 16.5. The van der Waals surface area contributed by atoms with Crippen LogP contribution in [0.3, 0.4) is 0 Å². The number of ketones is 1. The second-order valence-corrected chi connectivity index (χ2v) is 7.14. The quantitative estimate of drug-likeness (QED) is 0.577. The molecule has 0 aromatic carbocycles. The first-order valence-electron chi connectivity index (χ1n) is 8.69. The minimum Gasteiger partial charge on any atom is -0.464 e. The average Bonchev–Trinajstić information content (AvgIpc) is 2.84. The number of amides is 1. The molecule has 0 aliphatic carbocycles.